The molecule has 118 valence electrons. The zero-order valence-electron chi connectivity index (χ0n) is 12.9. The van der Waals surface area contributed by atoms with Crippen LogP contribution in [-0.2, 0) is 4.74 Å². The molecule has 5 heteroatoms. The normalized spacial score (nSPS) is 18.2. The van der Waals surface area contributed by atoms with Gasteiger partial charge in [-0.05, 0) is 32.0 Å². The quantitative estimate of drug-likeness (QED) is 0.814. The molecule has 2 rings (SSSR count). The van der Waals surface area contributed by atoms with Gasteiger partial charge >= 0.3 is 0 Å². The average molecular weight is 357 g/mol. The van der Waals surface area contributed by atoms with E-state index in [4.69, 9.17) is 9.47 Å². The first kappa shape index (κ1) is 16.7. The third-order valence-corrected chi connectivity index (χ3v) is 4.30. The number of hydrogen-bond acceptors (Lipinski definition) is 4. The second kappa shape index (κ2) is 8.73. The zero-order valence-corrected chi connectivity index (χ0v) is 14.5. The van der Waals surface area contributed by atoms with E-state index in [1.54, 1.807) is 7.11 Å². The van der Waals surface area contributed by atoms with Gasteiger partial charge in [-0.1, -0.05) is 22.0 Å². The third kappa shape index (κ3) is 5.25. The molecule has 0 amide bonds. The number of halogens is 1. The van der Waals surface area contributed by atoms with Crippen LogP contribution in [0, 0.1) is 0 Å². The summed E-state index contributed by atoms with van der Waals surface area (Å²) >= 11 is 3.51. The maximum atomic E-state index is 5.84. The van der Waals surface area contributed by atoms with Gasteiger partial charge in [-0.3, -0.25) is 0 Å². The molecule has 0 bridgehead atoms. The largest absolute Gasteiger partial charge is 0.493 e. The van der Waals surface area contributed by atoms with Crippen LogP contribution >= 0.6 is 15.9 Å². The monoisotopic (exact) mass is 356 g/mol. The first-order valence-corrected chi connectivity index (χ1v) is 8.33. The molecule has 0 saturated heterocycles. The Bertz CT molecular complexity index is 442. The summed E-state index contributed by atoms with van der Waals surface area (Å²) in [5.74, 6) is 1.01. The molecule has 4 nitrogen and oxygen atoms in total. The van der Waals surface area contributed by atoms with Crippen molar-refractivity contribution in [2.24, 2.45) is 0 Å². The van der Waals surface area contributed by atoms with E-state index in [9.17, 15) is 0 Å². The lowest BCUT2D eigenvalue weighted by Gasteiger charge is -2.21. The van der Waals surface area contributed by atoms with Gasteiger partial charge in [0, 0.05) is 42.8 Å². The van der Waals surface area contributed by atoms with E-state index >= 15 is 0 Å². The Kier molecular flexibility index (Phi) is 6.96. The van der Waals surface area contributed by atoms with Gasteiger partial charge < -0.3 is 19.7 Å². The highest BCUT2D eigenvalue weighted by molar-refractivity contribution is 9.10. The predicted octanol–water partition coefficient (Wildman–Crippen LogP) is 2.83. The van der Waals surface area contributed by atoms with Gasteiger partial charge in [0.25, 0.3) is 0 Å². The standard InChI is InChI=1S/C16H25BrN2O2/c1-19(9-11-20-2)8-7-18-15-4-3-10-21-16-12-13(17)5-6-14(15)16/h5-6,12,15,18H,3-4,7-11H2,1-2H3. The minimum atomic E-state index is 0.381. The highest BCUT2D eigenvalue weighted by atomic mass is 79.9. The van der Waals surface area contributed by atoms with Gasteiger partial charge in [0.2, 0.25) is 0 Å². The fraction of sp³-hybridized carbons (Fsp3) is 0.625. The summed E-state index contributed by atoms with van der Waals surface area (Å²) in [7, 11) is 3.87. The van der Waals surface area contributed by atoms with Crippen LogP contribution in [0.4, 0.5) is 0 Å². The maximum Gasteiger partial charge on any atom is 0.125 e. The summed E-state index contributed by atoms with van der Waals surface area (Å²) < 4.78 is 12.0. The van der Waals surface area contributed by atoms with E-state index in [1.165, 1.54) is 5.56 Å². The van der Waals surface area contributed by atoms with E-state index in [1.807, 2.05) is 0 Å². The van der Waals surface area contributed by atoms with Crippen LogP contribution < -0.4 is 10.1 Å². The Balaban J connectivity index is 1.88. The Morgan fingerprint density at radius 3 is 3.10 bits per heavy atom. The molecular weight excluding hydrogens is 332 g/mol. The van der Waals surface area contributed by atoms with Crippen LogP contribution in [0.1, 0.15) is 24.4 Å². The summed E-state index contributed by atoms with van der Waals surface area (Å²) in [4.78, 5) is 2.28. The highest BCUT2D eigenvalue weighted by Gasteiger charge is 2.19. The molecule has 0 saturated carbocycles. The number of hydrogen-bond donors (Lipinski definition) is 1. The lowest BCUT2D eigenvalue weighted by atomic mass is 10.0. The predicted molar refractivity (Wildman–Crippen MR) is 89.0 cm³/mol. The molecular formula is C16H25BrN2O2. The molecule has 1 heterocycles. The minimum absolute atomic E-state index is 0.381. The lowest BCUT2D eigenvalue weighted by molar-refractivity contribution is 0.161. The number of likely N-dealkylation sites (N-methyl/N-ethyl adjacent to an activating group) is 1. The van der Waals surface area contributed by atoms with Crippen molar-refractivity contribution >= 4 is 15.9 Å². The van der Waals surface area contributed by atoms with Crippen molar-refractivity contribution in [2.45, 2.75) is 18.9 Å². The molecule has 0 spiro atoms. The van der Waals surface area contributed by atoms with Gasteiger partial charge in [0.05, 0.1) is 13.2 Å². The van der Waals surface area contributed by atoms with Crippen LogP contribution in [-0.4, -0.2) is 51.9 Å². The number of nitrogens with zero attached hydrogens (tertiary/aromatic N) is 1. The van der Waals surface area contributed by atoms with Crippen molar-refractivity contribution in [2.75, 3.05) is 47.0 Å². The number of nitrogens with one attached hydrogen (secondary N) is 1. The fourth-order valence-corrected chi connectivity index (χ4v) is 2.89. The maximum absolute atomic E-state index is 5.84. The van der Waals surface area contributed by atoms with Crippen LogP contribution in [0.3, 0.4) is 0 Å². The van der Waals surface area contributed by atoms with E-state index in [2.05, 4.69) is 51.4 Å². The SMILES string of the molecule is COCCN(C)CCNC1CCCOc2cc(Br)ccc21. The van der Waals surface area contributed by atoms with Crippen molar-refractivity contribution in [3.8, 4) is 5.75 Å². The smallest absolute Gasteiger partial charge is 0.125 e. The topological polar surface area (TPSA) is 33.7 Å². The molecule has 1 N–H and O–H groups in total. The van der Waals surface area contributed by atoms with Crippen LogP contribution in [0.2, 0.25) is 0 Å². The molecule has 1 unspecified atom stereocenters. The summed E-state index contributed by atoms with van der Waals surface area (Å²) in [6, 6.07) is 6.70. The summed E-state index contributed by atoms with van der Waals surface area (Å²) in [5, 5.41) is 3.67. The van der Waals surface area contributed by atoms with Crippen LogP contribution in [0.5, 0.6) is 5.75 Å². The molecule has 1 aromatic rings. The summed E-state index contributed by atoms with van der Waals surface area (Å²) in [6.07, 6.45) is 2.21. The van der Waals surface area contributed by atoms with Crippen LogP contribution in [0.25, 0.3) is 0 Å². The molecule has 0 radical (unpaired) electrons. The van der Waals surface area contributed by atoms with Crippen molar-refractivity contribution in [1.82, 2.24) is 10.2 Å². The number of ether oxygens (including phenoxy) is 2. The average Bonchev–Trinajstić information content (AvgIpc) is 2.67. The van der Waals surface area contributed by atoms with Gasteiger partial charge in [0.15, 0.2) is 0 Å². The molecule has 1 aliphatic rings. The first-order valence-electron chi connectivity index (χ1n) is 7.54. The van der Waals surface area contributed by atoms with Gasteiger partial charge in [-0.25, -0.2) is 0 Å². The second-order valence-corrected chi connectivity index (χ2v) is 6.39. The van der Waals surface area contributed by atoms with Gasteiger partial charge in [-0.15, -0.1) is 0 Å². The minimum Gasteiger partial charge on any atom is -0.493 e. The van der Waals surface area contributed by atoms with Crippen molar-refractivity contribution in [3.63, 3.8) is 0 Å². The Morgan fingerprint density at radius 1 is 1.43 bits per heavy atom. The molecule has 21 heavy (non-hydrogen) atoms. The molecule has 1 aromatic carbocycles. The molecule has 1 atom stereocenters. The highest BCUT2D eigenvalue weighted by Crippen LogP contribution is 2.33. The molecule has 0 aliphatic carbocycles. The summed E-state index contributed by atoms with van der Waals surface area (Å²) in [5.41, 5.74) is 1.27. The lowest BCUT2D eigenvalue weighted by Crippen LogP contribution is -2.33. The number of methoxy groups -OCH3 is 1. The van der Waals surface area contributed by atoms with E-state index in [0.29, 0.717) is 6.04 Å². The number of fused-ring (bicyclic) bond motifs is 1. The molecule has 0 aromatic heterocycles. The molecule has 1 aliphatic heterocycles. The molecule has 0 fully saturated rings. The van der Waals surface area contributed by atoms with Gasteiger partial charge in [-0.2, -0.15) is 0 Å². The van der Waals surface area contributed by atoms with E-state index in [0.717, 1.165) is 55.9 Å². The Hall–Kier alpha value is -0.620. The first-order chi connectivity index (χ1) is 10.2. The second-order valence-electron chi connectivity index (χ2n) is 5.48. The van der Waals surface area contributed by atoms with Crippen molar-refractivity contribution in [3.05, 3.63) is 28.2 Å². The van der Waals surface area contributed by atoms with E-state index in [-0.39, 0.29) is 0 Å². The number of benzene rings is 1. The Morgan fingerprint density at radius 2 is 2.29 bits per heavy atom. The van der Waals surface area contributed by atoms with Gasteiger partial charge in [0.1, 0.15) is 5.75 Å². The van der Waals surface area contributed by atoms with Crippen molar-refractivity contribution < 1.29 is 9.47 Å². The van der Waals surface area contributed by atoms with Crippen LogP contribution in [0.15, 0.2) is 22.7 Å². The number of rotatable bonds is 7. The van der Waals surface area contributed by atoms with Crippen molar-refractivity contribution in [1.29, 1.82) is 0 Å². The Labute approximate surface area is 135 Å². The zero-order chi connectivity index (χ0) is 15.1. The third-order valence-electron chi connectivity index (χ3n) is 3.81. The summed E-state index contributed by atoms with van der Waals surface area (Å²) in [6.45, 7) is 4.54. The van der Waals surface area contributed by atoms with E-state index < -0.39 is 0 Å². The fourth-order valence-electron chi connectivity index (χ4n) is 2.55.